The SMILES string of the molecule is CC(NC(=O)c1ccccc1F)c1ncc(-c2ccc(F)cc2)o1. The van der Waals surface area contributed by atoms with Crippen LogP contribution in [0.5, 0.6) is 0 Å². The molecule has 0 fully saturated rings. The molecule has 1 heterocycles. The Kier molecular flexibility index (Phi) is 4.37. The van der Waals surface area contributed by atoms with Gasteiger partial charge in [-0.3, -0.25) is 4.79 Å². The lowest BCUT2D eigenvalue weighted by atomic mass is 10.2. The van der Waals surface area contributed by atoms with E-state index < -0.39 is 17.8 Å². The van der Waals surface area contributed by atoms with Gasteiger partial charge in [0, 0.05) is 5.56 Å². The van der Waals surface area contributed by atoms with Crippen LogP contribution < -0.4 is 5.32 Å². The molecule has 4 nitrogen and oxygen atoms in total. The molecule has 0 bridgehead atoms. The number of carbonyl (C=O) groups excluding carboxylic acids is 1. The maximum Gasteiger partial charge on any atom is 0.254 e. The van der Waals surface area contributed by atoms with Crippen LogP contribution in [0, 0.1) is 11.6 Å². The number of nitrogens with one attached hydrogen (secondary N) is 1. The molecule has 3 aromatic rings. The summed E-state index contributed by atoms with van der Waals surface area (Å²) in [7, 11) is 0. The summed E-state index contributed by atoms with van der Waals surface area (Å²) in [5.41, 5.74) is 0.623. The third-order valence-electron chi connectivity index (χ3n) is 3.49. The van der Waals surface area contributed by atoms with Crippen LogP contribution in [0.4, 0.5) is 8.78 Å². The molecule has 0 radical (unpaired) electrons. The maximum atomic E-state index is 13.6. The minimum Gasteiger partial charge on any atom is -0.438 e. The number of nitrogens with zero attached hydrogens (tertiary/aromatic N) is 1. The molecule has 24 heavy (non-hydrogen) atoms. The molecule has 1 aromatic heterocycles. The Bertz CT molecular complexity index is 859. The fourth-order valence-corrected chi connectivity index (χ4v) is 2.22. The van der Waals surface area contributed by atoms with Crippen molar-refractivity contribution >= 4 is 5.91 Å². The van der Waals surface area contributed by atoms with Crippen molar-refractivity contribution in [2.45, 2.75) is 13.0 Å². The number of hydrogen-bond donors (Lipinski definition) is 1. The van der Waals surface area contributed by atoms with Crippen LogP contribution >= 0.6 is 0 Å². The van der Waals surface area contributed by atoms with Gasteiger partial charge in [-0.1, -0.05) is 12.1 Å². The first-order valence-corrected chi connectivity index (χ1v) is 7.31. The lowest BCUT2D eigenvalue weighted by Gasteiger charge is -2.10. The van der Waals surface area contributed by atoms with Crippen LogP contribution in [0.2, 0.25) is 0 Å². The highest BCUT2D eigenvalue weighted by Crippen LogP contribution is 2.23. The van der Waals surface area contributed by atoms with Crippen molar-refractivity contribution in [3.63, 3.8) is 0 Å². The molecule has 3 rings (SSSR count). The van der Waals surface area contributed by atoms with E-state index in [-0.39, 0.29) is 17.3 Å². The molecule has 1 unspecified atom stereocenters. The van der Waals surface area contributed by atoms with Gasteiger partial charge in [-0.15, -0.1) is 0 Å². The summed E-state index contributed by atoms with van der Waals surface area (Å²) < 4.78 is 32.2. The fourth-order valence-electron chi connectivity index (χ4n) is 2.22. The van der Waals surface area contributed by atoms with Gasteiger partial charge in [0.15, 0.2) is 5.76 Å². The van der Waals surface area contributed by atoms with Gasteiger partial charge in [0.25, 0.3) is 5.91 Å². The lowest BCUT2D eigenvalue weighted by molar-refractivity contribution is 0.0930. The van der Waals surface area contributed by atoms with Crippen LogP contribution in [0.3, 0.4) is 0 Å². The molecule has 0 saturated carbocycles. The molecule has 2 aromatic carbocycles. The first kappa shape index (κ1) is 15.9. The van der Waals surface area contributed by atoms with Crippen molar-refractivity contribution in [2.75, 3.05) is 0 Å². The minimum atomic E-state index is -0.596. The summed E-state index contributed by atoms with van der Waals surface area (Å²) in [5, 5.41) is 2.63. The largest absolute Gasteiger partial charge is 0.438 e. The van der Waals surface area contributed by atoms with Gasteiger partial charge < -0.3 is 9.73 Å². The monoisotopic (exact) mass is 328 g/mol. The van der Waals surface area contributed by atoms with Crippen molar-refractivity contribution in [2.24, 2.45) is 0 Å². The summed E-state index contributed by atoms with van der Waals surface area (Å²) in [6, 6.07) is 10.9. The zero-order valence-electron chi connectivity index (χ0n) is 12.8. The smallest absolute Gasteiger partial charge is 0.254 e. The molecule has 122 valence electrons. The van der Waals surface area contributed by atoms with Gasteiger partial charge >= 0.3 is 0 Å². The topological polar surface area (TPSA) is 55.1 Å². The molecule has 1 amide bonds. The van der Waals surface area contributed by atoms with Crippen molar-refractivity contribution in [1.29, 1.82) is 0 Å². The number of hydrogen-bond acceptors (Lipinski definition) is 3. The Balaban J connectivity index is 1.74. The number of oxazole rings is 1. The molecule has 0 aliphatic carbocycles. The molecule has 1 atom stereocenters. The van der Waals surface area contributed by atoms with Crippen molar-refractivity contribution in [1.82, 2.24) is 10.3 Å². The Morgan fingerprint density at radius 2 is 1.83 bits per heavy atom. The van der Waals surface area contributed by atoms with E-state index in [1.165, 1.54) is 36.5 Å². The molecular formula is C18H14F2N2O2. The number of aromatic nitrogens is 1. The van der Waals surface area contributed by atoms with Crippen molar-refractivity contribution in [3.05, 3.63) is 77.8 Å². The Labute approximate surface area is 137 Å². The molecule has 0 saturated heterocycles. The Morgan fingerprint density at radius 3 is 2.54 bits per heavy atom. The molecular weight excluding hydrogens is 314 g/mol. The van der Waals surface area contributed by atoms with E-state index in [0.29, 0.717) is 11.3 Å². The summed E-state index contributed by atoms with van der Waals surface area (Å²) in [4.78, 5) is 16.2. The van der Waals surface area contributed by atoms with Crippen molar-refractivity contribution in [3.8, 4) is 11.3 Å². The number of benzene rings is 2. The van der Waals surface area contributed by atoms with Crippen LogP contribution in [0.15, 0.2) is 59.1 Å². The van der Waals surface area contributed by atoms with E-state index in [1.54, 1.807) is 25.1 Å². The van der Waals surface area contributed by atoms with E-state index in [1.807, 2.05) is 0 Å². The summed E-state index contributed by atoms with van der Waals surface area (Å²) in [6.45, 7) is 1.68. The average molecular weight is 328 g/mol. The predicted molar refractivity (Wildman–Crippen MR) is 84.2 cm³/mol. The van der Waals surface area contributed by atoms with Gasteiger partial charge in [-0.05, 0) is 43.3 Å². The fraction of sp³-hybridized carbons (Fsp3) is 0.111. The first-order valence-electron chi connectivity index (χ1n) is 7.31. The van der Waals surface area contributed by atoms with Crippen LogP contribution in [0.1, 0.15) is 29.2 Å². The van der Waals surface area contributed by atoms with E-state index in [4.69, 9.17) is 4.42 Å². The maximum absolute atomic E-state index is 13.6. The molecule has 1 N–H and O–H groups in total. The van der Waals surface area contributed by atoms with Gasteiger partial charge in [0.2, 0.25) is 5.89 Å². The molecule has 0 aliphatic rings. The van der Waals surface area contributed by atoms with E-state index in [9.17, 15) is 13.6 Å². The number of carbonyl (C=O) groups is 1. The van der Waals surface area contributed by atoms with Crippen molar-refractivity contribution < 1.29 is 18.0 Å². The van der Waals surface area contributed by atoms with Gasteiger partial charge in [-0.2, -0.15) is 0 Å². The van der Waals surface area contributed by atoms with Gasteiger partial charge in [0.05, 0.1) is 11.8 Å². The van der Waals surface area contributed by atoms with Crippen LogP contribution in [-0.2, 0) is 0 Å². The summed E-state index contributed by atoms with van der Waals surface area (Å²) in [5.74, 6) is -0.760. The zero-order chi connectivity index (χ0) is 17.1. The Hall–Kier alpha value is -3.02. The number of amides is 1. The highest BCUT2D eigenvalue weighted by atomic mass is 19.1. The quantitative estimate of drug-likeness (QED) is 0.784. The zero-order valence-corrected chi connectivity index (χ0v) is 12.8. The highest BCUT2D eigenvalue weighted by molar-refractivity contribution is 5.94. The summed E-state index contributed by atoms with van der Waals surface area (Å²) in [6.07, 6.45) is 1.49. The molecule has 6 heteroatoms. The van der Waals surface area contributed by atoms with Gasteiger partial charge in [0.1, 0.15) is 17.7 Å². The summed E-state index contributed by atoms with van der Waals surface area (Å²) >= 11 is 0. The average Bonchev–Trinajstić information content (AvgIpc) is 3.06. The first-order chi connectivity index (χ1) is 11.5. The second-order valence-corrected chi connectivity index (χ2v) is 5.24. The lowest BCUT2D eigenvalue weighted by Crippen LogP contribution is -2.27. The van der Waals surface area contributed by atoms with Crippen LogP contribution in [-0.4, -0.2) is 10.9 Å². The Morgan fingerprint density at radius 1 is 1.12 bits per heavy atom. The number of rotatable bonds is 4. The van der Waals surface area contributed by atoms with E-state index in [0.717, 1.165) is 0 Å². The van der Waals surface area contributed by atoms with Crippen LogP contribution in [0.25, 0.3) is 11.3 Å². The molecule has 0 spiro atoms. The second-order valence-electron chi connectivity index (χ2n) is 5.24. The highest BCUT2D eigenvalue weighted by Gasteiger charge is 2.18. The third kappa shape index (κ3) is 3.32. The third-order valence-corrected chi connectivity index (χ3v) is 3.49. The standard InChI is InChI=1S/C18H14F2N2O2/c1-11(22-17(23)14-4-2-3-5-15(14)20)18-21-10-16(24-18)12-6-8-13(19)9-7-12/h2-11H,1H3,(H,22,23). The van der Waals surface area contributed by atoms with E-state index in [2.05, 4.69) is 10.3 Å². The normalized spacial score (nSPS) is 12.0. The van der Waals surface area contributed by atoms with Gasteiger partial charge in [-0.25, -0.2) is 13.8 Å². The second kappa shape index (κ2) is 6.62. The van der Waals surface area contributed by atoms with E-state index >= 15 is 0 Å². The molecule has 0 aliphatic heterocycles. The number of halogens is 2. The predicted octanol–water partition coefficient (Wildman–Crippen LogP) is 4.11. The minimum absolute atomic E-state index is 0.0466.